The summed E-state index contributed by atoms with van der Waals surface area (Å²) in [6, 6.07) is 0. The monoisotopic (exact) mass is 177 g/mol. The molecule has 2 atom stereocenters. The molecule has 11 heavy (non-hydrogen) atoms. The molecule has 0 bridgehead atoms. The van der Waals surface area contributed by atoms with Crippen molar-refractivity contribution in [3.8, 4) is 0 Å². The van der Waals surface area contributed by atoms with E-state index in [-0.39, 0.29) is 0 Å². The molecule has 2 unspecified atom stereocenters. The molecule has 0 aromatic rings. The lowest BCUT2D eigenvalue weighted by Gasteiger charge is -2.10. The first-order valence-corrected chi connectivity index (χ1v) is 5.55. The lowest BCUT2D eigenvalue weighted by Crippen LogP contribution is -2.31. The Morgan fingerprint density at radius 1 is 1.55 bits per heavy atom. The van der Waals surface area contributed by atoms with E-state index in [1.165, 1.54) is 0 Å². The van der Waals surface area contributed by atoms with E-state index in [4.69, 9.17) is 5.14 Å². The van der Waals surface area contributed by atoms with Gasteiger partial charge in [-0.15, -0.1) is 0 Å². The van der Waals surface area contributed by atoms with E-state index in [1.54, 1.807) is 0 Å². The molecule has 1 aliphatic carbocycles. The van der Waals surface area contributed by atoms with Crippen LogP contribution in [-0.2, 0) is 10.0 Å². The molecule has 1 aliphatic rings. The van der Waals surface area contributed by atoms with Gasteiger partial charge in [-0.3, -0.25) is 0 Å². The zero-order valence-electron chi connectivity index (χ0n) is 7.00. The highest BCUT2D eigenvalue weighted by molar-refractivity contribution is 7.90. The maximum absolute atomic E-state index is 11.1. The summed E-state index contributed by atoms with van der Waals surface area (Å²) in [6.07, 6.45) is 2.34. The molecule has 3 nitrogen and oxygen atoms in total. The largest absolute Gasteiger partial charge is 0.228 e. The van der Waals surface area contributed by atoms with Crippen molar-refractivity contribution in [3.63, 3.8) is 0 Å². The molecule has 0 amide bonds. The highest BCUT2D eigenvalue weighted by Gasteiger charge is 2.59. The molecule has 4 heteroatoms. The van der Waals surface area contributed by atoms with E-state index in [0.717, 1.165) is 12.8 Å². The van der Waals surface area contributed by atoms with Crippen LogP contribution in [0.1, 0.15) is 33.1 Å². The van der Waals surface area contributed by atoms with Crippen molar-refractivity contribution in [3.05, 3.63) is 0 Å². The Bertz CT molecular complexity index is 247. The topological polar surface area (TPSA) is 60.2 Å². The Labute approximate surface area is 68.0 Å². The van der Waals surface area contributed by atoms with Crippen LogP contribution in [0.3, 0.4) is 0 Å². The van der Waals surface area contributed by atoms with Crippen molar-refractivity contribution < 1.29 is 8.42 Å². The minimum absolute atomic E-state index is 0.308. The van der Waals surface area contributed by atoms with Crippen LogP contribution in [0.5, 0.6) is 0 Å². The first kappa shape index (κ1) is 9.00. The maximum atomic E-state index is 11.1. The maximum Gasteiger partial charge on any atom is 0.215 e. The van der Waals surface area contributed by atoms with Crippen LogP contribution in [0.4, 0.5) is 0 Å². The molecule has 1 rings (SSSR count). The molecule has 0 spiro atoms. The van der Waals surface area contributed by atoms with Gasteiger partial charge in [0.1, 0.15) is 0 Å². The zero-order chi connectivity index (χ0) is 8.70. The molecule has 2 N–H and O–H groups in total. The summed E-state index contributed by atoms with van der Waals surface area (Å²) in [5.74, 6) is 0.308. The van der Waals surface area contributed by atoms with E-state index in [1.807, 2.05) is 13.8 Å². The summed E-state index contributed by atoms with van der Waals surface area (Å²) in [4.78, 5) is 0. The molecule has 0 saturated heterocycles. The average molecular weight is 177 g/mol. The Kier molecular flexibility index (Phi) is 2.01. The van der Waals surface area contributed by atoms with E-state index in [0.29, 0.717) is 12.3 Å². The van der Waals surface area contributed by atoms with Crippen LogP contribution in [0.2, 0.25) is 0 Å². The SMILES string of the molecule is CCC1CC1(CC)S(N)(=O)=O. The number of hydrogen-bond acceptors (Lipinski definition) is 2. The predicted molar refractivity (Wildman–Crippen MR) is 44.5 cm³/mol. The Morgan fingerprint density at radius 3 is 2.18 bits per heavy atom. The minimum Gasteiger partial charge on any atom is -0.228 e. The highest BCUT2D eigenvalue weighted by Crippen LogP contribution is 2.53. The van der Waals surface area contributed by atoms with Crippen molar-refractivity contribution in [2.24, 2.45) is 11.1 Å². The van der Waals surface area contributed by atoms with Gasteiger partial charge in [0.05, 0.1) is 4.75 Å². The molecule has 1 fully saturated rings. The molecular weight excluding hydrogens is 162 g/mol. The number of rotatable bonds is 3. The van der Waals surface area contributed by atoms with Gasteiger partial charge in [-0.05, 0) is 18.8 Å². The van der Waals surface area contributed by atoms with Crippen LogP contribution in [0.25, 0.3) is 0 Å². The zero-order valence-corrected chi connectivity index (χ0v) is 7.82. The smallest absolute Gasteiger partial charge is 0.215 e. The molecule has 1 saturated carbocycles. The fraction of sp³-hybridized carbons (Fsp3) is 1.00. The van der Waals surface area contributed by atoms with Gasteiger partial charge in [-0.25, -0.2) is 13.6 Å². The molecule has 0 aliphatic heterocycles. The summed E-state index contributed by atoms with van der Waals surface area (Å²) in [6.45, 7) is 3.90. The Hall–Kier alpha value is -0.0900. The van der Waals surface area contributed by atoms with E-state index < -0.39 is 14.8 Å². The summed E-state index contributed by atoms with van der Waals surface area (Å²) in [5, 5.41) is 5.12. The van der Waals surface area contributed by atoms with E-state index in [9.17, 15) is 8.42 Å². The third kappa shape index (κ3) is 1.18. The van der Waals surface area contributed by atoms with Crippen LogP contribution in [-0.4, -0.2) is 13.2 Å². The van der Waals surface area contributed by atoms with Gasteiger partial charge in [0.2, 0.25) is 10.0 Å². The van der Waals surface area contributed by atoms with Crippen molar-refractivity contribution in [1.82, 2.24) is 0 Å². The van der Waals surface area contributed by atoms with Crippen molar-refractivity contribution >= 4 is 10.0 Å². The molecule has 0 aromatic carbocycles. The van der Waals surface area contributed by atoms with Crippen molar-refractivity contribution in [2.75, 3.05) is 0 Å². The molecule has 0 radical (unpaired) electrons. The van der Waals surface area contributed by atoms with Crippen LogP contribution >= 0.6 is 0 Å². The molecule has 66 valence electrons. The predicted octanol–water partition coefficient (Wildman–Crippen LogP) is 0.854. The second-order valence-electron chi connectivity index (χ2n) is 3.27. The minimum atomic E-state index is -3.30. The summed E-state index contributed by atoms with van der Waals surface area (Å²) in [5.41, 5.74) is 0. The van der Waals surface area contributed by atoms with E-state index >= 15 is 0 Å². The fourth-order valence-electron chi connectivity index (χ4n) is 1.86. The summed E-state index contributed by atoms with van der Waals surface area (Å²) in [7, 11) is -3.30. The standard InChI is InChI=1S/C7H15NO2S/c1-3-6-5-7(6,4-2)11(8,9)10/h6H,3-5H2,1-2H3,(H2,8,9,10). The van der Waals surface area contributed by atoms with Gasteiger partial charge in [0.25, 0.3) is 0 Å². The van der Waals surface area contributed by atoms with Gasteiger partial charge >= 0.3 is 0 Å². The lowest BCUT2D eigenvalue weighted by atomic mass is 10.2. The summed E-state index contributed by atoms with van der Waals surface area (Å²) < 4.78 is 21.6. The molecule has 0 aromatic heterocycles. The van der Waals surface area contributed by atoms with Gasteiger partial charge < -0.3 is 0 Å². The quantitative estimate of drug-likeness (QED) is 0.694. The van der Waals surface area contributed by atoms with Crippen LogP contribution < -0.4 is 5.14 Å². The normalized spacial score (nSPS) is 37.2. The average Bonchev–Trinajstić information content (AvgIpc) is 2.60. The molecule has 0 heterocycles. The number of primary sulfonamides is 1. The Morgan fingerprint density at radius 2 is 2.09 bits per heavy atom. The number of nitrogens with two attached hydrogens (primary N) is 1. The van der Waals surface area contributed by atoms with Crippen molar-refractivity contribution in [1.29, 1.82) is 0 Å². The van der Waals surface area contributed by atoms with Gasteiger partial charge in [0, 0.05) is 0 Å². The summed E-state index contributed by atoms with van der Waals surface area (Å²) >= 11 is 0. The highest BCUT2D eigenvalue weighted by atomic mass is 32.2. The number of sulfonamides is 1. The van der Waals surface area contributed by atoms with Gasteiger partial charge in [-0.2, -0.15) is 0 Å². The van der Waals surface area contributed by atoms with Crippen LogP contribution in [0.15, 0.2) is 0 Å². The third-order valence-electron chi connectivity index (χ3n) is 2.83. The lowest BCUT2D eigenvalue weighted by molar-refractivity contribution is 0.559. The Balaban J connectivity index is 2.84. The van der Waals surface area contributed by atoms with Crippen molar-refractivity contribution in [2.45, 2.75) is 37.9 Å². The second kappa shape index (κ2) is 2.45. The van der Waals surface area contributed by atoms with Gasteiger partial charge in [0.15, 0.2) is 0 Å². The van der Waals surface area contributed by atoms with Gasteiger partial charge in [-0.1, -0.05) is 20.3 Å². The molecular formula is C7H15NO2S. The second-order valence-corrected chi connectivity index (χ2v) is 5.18. The van der Waals surface area contributed by atoms with E-state index in [2.05, 4.69) is 0 Å². The first-order valence-electron chi connectivity index (χ1n) is 4.00. The number of hydrogen-bond donors (Lipinski definition) is 1. The first-order chi connectivity index (χ1) is 4.98. The fourth-order valence-corrected chi connectivity index (χ4v) is 3.32. The van der Waals surface area contributed by atoms with Crippen LogP contribution in [0, 0.1) is 5.92 Å². The third-order valence-corrected chi connectivity index (χ3v) is 4.76.